The number of carbonyl (C=O) groups excluding carboxylic acids is 1. The molecule has 0 unspecified atom stereocenters. The number of aryl methyl sites for hydroxylation is 1. The molecule has 0 saturated carbocycles. The lowest BCUT2D eigenvalue weighted by atomic mass is 10.1. The van der Waals surface area contributed by atoms with Gasteiger partial charge in [-0.2, -0.15) is 0 Å². The van der Waals surface area contributed by atoms with Crippen molar-refractivity contribution in [1.82, 2.24) is 15.2 Å². The van der Waals surface area contributed by atoms with E-state index in [0.29, 0.717) is 32.0 Å². The molecule has 1 aliphatic heterocycles. The third-order valence-electron chi connectivity index (χ3n) is 5.82. The van der Waals surface area contributed by atoms with Crippen molar-refractivity contribution in [2.45, 2.75) is 38.3 Å². The van der Waals surface area contributed by atoms with E-state index in [1.807, 2.05) is 42.5 Å². The third kappa shape index (κ3) is 6.51. The van der Waals surface area contributed by atoms with Gasteiger partial charge in [-0.15, -0.1) is 11.3 Å². The molecule has 4 rings (SSSR count). The van der Waals surface area contributed by atoms with E-state index in [1.54, 1.807) is 11.3 Å². The summed E-state index contributed by atoms with van der Waals surface area (Å²) in [4.78, 5) is 19.3. The van der Waals surface area contributed by atoms with Crippen LogP contribution in [0.1, 0.15) is 29.8 Å². The zero-order valence-electron chi connectivity index (χ0n) is 18.6. The standard InChI is InChI=1S/C25H31N3O3S/c1-28(20-11-14-30-15-12-20)13-16-31-21-6-4-5-19(17-21)18-26-24(29)9-10-25-27-22-7-2-3-8-23(22)32-25/h2-8,17,20H,9-16,18H2,1H3,(H,26,29). The lowest BCUT2D eigenvalue weighted by Gasteiger charge is -2.31. The smallest absolute Gasteiger partial charge is 0.220 e. The lowest BCUT2D eigenvalue weighted by molar-refractivity contribution is -0.121. The van der Waals surface area contributed by atoms with Gasteiger partial charge in [0.15, 0.2) is 0 Å². The minimum Gasteiger partial charge on any atom is -0.492 e. The topological polar surface area (TPSA) is 63.7 Å². The average molecular weight is 454 g/mol. The van der Waals surface area contributed by atoms with Crippen molar-refractivity contribution in [2.75, 3.05) is 33.4 Å². The Kier molecular flexibility index (Phi) is 8.09. The van der Waals surface area contributed by atoms with Crippen molar-refractivity contribution in [2.24, 2.45) is 0 Å². The van der Waals surface area contributed by atoms with Crippen molar-refractivity contribution in [3.05, 3.63) is 59.1 Å². The Hall–Kier alpha value is -2.48. The molecule has 0 spiro atoms. The fourth-order valence-corrected chi connectivity index (χ4v) is 4.86. The van der Waals surface area contributed by atoms with Gasteiger partial charge in [-0.05, 0) is 49.7 Å². The summed E-state index contributed by atoms with van der Waals surface area (Å²) in [7, 11) is 2.15. The number of benzene rings is 2. The predicted octanol–water partition coefficient (Wildman–Crippen LogP) is 4.03. The van der Waals surface area contributed by atoms with Crippen LogP contribution < -0.4 is 10.1 Å². The first-order chi connectivity index (χ1) is 15.7. The summed E-state index contributed by atoms with van der Waals surface area (Å²) in [5, 5.41) is 4.01. The van der Waals surface area contributed by atoms with Crippen LogP contribution in [0.5, 0.6) is 5.75 Å². The van der Waals surface area contributed by atoms with Gasteiger partial charge in [-0.25, -0.2) is 4.98 Å². The fraction of sp³-hybridized carbons (Fsp3) is 0.440. The fourth-order valence-electron chi connectivity index (χ4n) is 3.90. The highest BCUT2D eigenvalue weighted by Crippen LogP contribution is 2.22. The van der Waals surface area contributed by atoms with Crippen LogP contribution in [-0.2, 0) is 22.5 Å². The number of nitrogens with zero attached hydrogens (tertiary/aromatic N) is 2. The molecule has 1 aromatic heterocycles. The largest absolute Gasteiger partial charge is 0.492 e. The van der Waals surface area contributed by atoms with Gasteiger partial charge in [0, 0.05) is 45.2 Å². The van der Waals surface area contributed by atoms with Crippen molar-refractivity contribution in [1.29, 1.82) is 0 Å². The summed E-state index contributed by atoms with van der Waals surface area (Å²) in [6.07, 6.45) is 3.28. The van der Waals surface area contributed by atoms with Gasteiger partial charge < -0.3 is 14.8 Å². The number of hydrogen-bond acceptors (Lipinski definition) is 6. The lowest BCUT2D eigenvalue weighted by Crippen LogP contribution is -2.38. The molecule has 0 atom stereocenters. The van der Waals surface area contributed by atoms with Crippen molar-refractivity contribution < 1.29 is 14.3 Å². The Balaban J connectivity index is 1.18. The van der Waals surface area contributed by atoms with Gasteiger partial charge in [-0.3, -0.25) is 9.69 Å². The van der Waals surface area contributed by atoms with E-state index in [1.165, 1.54) is 4.70 Å². The number of thiazole rings is 1. The molecule has 32 heavy (non-hydrogen) atoms. The van der Waals surface area contributed by atoms with Crippen LogP contribution in [-0.4, -0.2) is 55.2 Å². The summed E-state index contributed by atoms with van der Waals surface area (Å²) >= 11 is 1.66. The normalized spacial score (nSPS) is 14.7. The number of aromatic nitrogens is 1. The molecule has 3 aromatic rings. The zero-order valence-corrected chi connectivity index (χ0v) is 19.4. The van der Waals surface area contributed by atoms with Crippen LogP contribution in [0.15, 0.2) is 48.5 Å². The Morgan fingerprint density at radius 2 is 2.06 bits per heavy atom. The number of hydrogen-bond donors (Lipinski definition) is 1. The number of fused-ring (bicyclic) bond motifs is 1. The summed E-state index contributed by atoms with van der Waals surface area (Å²) < 4.78 is 12.6. The highest BCUT2D eigenvalue weighted by Gasteiger charge is 2.18. The number of likely N-dealkylation sites (N-methyl/N-ethyl adjacent to an activating group) is 1. The van der Waals surface area contributed by atoms with E-state index in [-0.39, 0.29) is 5.91 Å². The summed E-state index contributed by atoms with van der Waals surface area (Å²) in [5.41, 5.74) is 2.04. The van der Waals surface area contributed by atoms with E-state index in [0.717, 1.165) is 54.4 Å². The highest BCUT2D eigenvalue weighted by molar-refractivity contribution is 7.18. The molecule has 2 aromatic carbocycles. The molecule has 1 saturated heterocycles. The summed E-state index contributed by atoms with van der Waals surface area (Å²) in [5.74, 6) is 0.875. The van der Waals surface area contributed by atoms with Crippen LogP contribution >= 0.6 is 11.3 Å². The van der Waals surface area contributed by atoms with Crippen molar-refractivity contribution in [3.8, 4) is 5.75 Å². The Morgan fingerprint density at radius 3 is 2.91 bits per heavy atom. The second-order valence-electron chi connectivity index (χ2n) is 8.17. The van der Waals surface area contributed by atoms with Crippen LogP contribution in [0.25, 0.3) is 10.2 Å². The molecule has 7 heteroatoms. The maximum Gasteiger partial charge on any atom is 0.220 e. The van der Waals surface area contributed by atoms with Crippen molar-refractivity contribution >= 4 is 27.5 Å². The molecule has 1 N–H and O–H groups in total. The van der Waals surface area contributed by atoms with E-state index in [9.17, 15) is 4.79 Å². The molecule has 1 amide bonds. The average Bonchev–Trinajstić information content (AvgIpc) is 3.25. The summed E-state index contributed by atoms with van der Waals surface area (Å²) in [6, 6.07) is 16.6. The first-order valence-electron chi connectivity index (χ1n) is 11.3. The van der Waals surface area contributed by atoms with Crippen LogP contribution in [0.3, 0.4) is 0 Å². The minimum atomic E-state index is 0.0358. The van der Waals surface area contributed by atoms with E-state index >= 15 is 0 Å². The first kappa shape index (κ1) is 22.7. The Labute approximate surface area is 193 Å². The molecule has 6 nitrogen and oxygen atoms in total. The zero-order chi connectivity index (χ0) is 22.2. The molecule has 0 aliphatic carbocycles. The van der Waals surface area contributed by atoms with Gasteiger partial charge in [0.2, 0.25) is 5.91 Å². The summed E-state index contributed by atoms with van der Waals surface area (Å²) in [6.45, 7) is 3.73. The Bertz CT molecular complexity index is 983. The molecule has 0 radical (unpaired) electrons. The molecule has 1 aliphatic rings. The van der Waals surface area contributed by atoms with Crippen molar-refractivity contribution in [3.63, 3.8) is 0 Å². The number of rotatable bonds is 10. The molecule has 1 fully saturated rings. The van der Waals surface area contributed by atoms with Gasteiger partial charge in [0.1, 0.15) is 12.4 Å². The molecular weight excluding hydrogens is 422 g/mol. The number of amides is 1. The van der Waals surface area contributed by atoms with Gasteiger partial charge in [0.05, 0.1) is 15.2 Å². The number of nitrogens with one attached hydrogen (secondary N) is 1. The maximum atomic E-state index is 12.3. The first-order valence-corrected chi connectivity index (χ1v) is 12.1. The van der Waals surface area contributed by atoms with Crippen LogP contribution in [0, 0.1) is 0 Å². The monoisotopic (exact) mass is 453 g/mol. The molecule has 2 heterocycles. The quantitative estimate of drug-likeness (QED) is 0.502. The number of carbonyl (C=O) groups is 1. The molecule has 0 bridgehead atoms. The second-order valence-corrected chi connectivity index (χ2v) is 9.29. The predicted molar refractivity (Wildman–Crippen MR) is 128 cm³/mol. The number of ether oxygens (including phenoxy) is 2. The van der Waals surface area contributed by atoms with E-state index in [2.05, 4.69) is 28.3 Å². The van der Waals surface area contributed by atoms with Crippen LogP contribution in [0.2, 0.25) is 0 Å². The third-order valence-corrected chi connectivity index (χ3v) is 6.92. The Morgan fingerprint density at radius 1 is 1.22 bits per heavy atom. The minimum absolute atomic E-state index is 0.0358. The van der Waals surface area contributed by atoms with E-state index < -0.39 is 0 Å². The molecule has 170 valence electrons. The van der Waals surface area contributed by atoms with Gasteiger partial charge in [0.25, 0.3) is 0 Å². The maximum absolute atomic E-state index is 12.3. The van der Waals surface area contributed by atoms with Gasteiger partial charge >= 0.3 is 0 Å². The van der Waals surface area contributed by atoms with Crippen LogP contribution in [0.4, 0.5) is 0 Å². The SMILES string of the molecule is CN(CCOc1cccc(CNC(=O)CCc2nc3ccccc3s2)c1)C1CCOCC1. The molecular formula is C25H31N3O3S. The van der Waals surface area contributed by atoms with Gasteiger partial charge in [-0.1, -0.05) is 24.3 Å². The number of para-hydroxylation sites is 1. The van der Waals surface area contributed by atoms with E-state index in [4.69, 9.17) is 9.47 Å². The second kappa shape index (κ2) is 11.4. The highest BCUT2D eigenvalue weighted by atomic mass is 32.1.